The molecule has 4 atom stereocenters. The van der Waals surface area contributed by atoms with Gasteiger partial charge in [0.1, 0.15) is 5.78 Å². The van der Waals surface area contributed by atoms with Gasteiger partial charge in [-0.15, -0.1) is 0 Å². The zero-order chi connectivity index (χ0) is 24.1. The molecule has 0 amide bonds. The minimum absolute atomic E-state index is 0. The topological polar surface area (TPSA) is 69.7 Å². The fourth-order valence-corrected chi connectivity index (χ4v) is 8.71. The molecule has 5 rings (SSSR count). The first-order chi connectivity index (χ1) is 16.3. The van der Waals surface area contributed by atoms with Crippen LogP contribution in [0.4, 0.5) is 0 Å². The molecule has 0 aliphatic heterocycles. The molecule has 2 saturated carbocycles. The first-order valence-corrected chi connectivity index (χ1v) is 14.3. The first-order valence-electron chi connectivity index (χ1n) is 12.8. The number of fused-ring (bicyclic) bond motifs is 4. The van der Waals surface area contributed by atoms with Crippen molar-refractivity contribution >= 4 is 65.0 Å². The van der Waals surface area contributed by atoms with E-state index in [0.29, 0.717) is 49.0 Å². The van der Waals surface area contributed by atoms with Crippen LogP contribution in [-0.4, -0.2) is 24.8 Å². The summed E-state index contributed by atoms with van der Waals surface area (Å²) in [6.07, 6.45) is 7.68. The third-order valence-corrected chi connectivity index (χ3v) is 10.8. The lowest BCUT2D eigenvalue weighted by atomic mass is 9.53. The van der Waals surface area contributed by atoms with Crippen LogP contribution in [0.1, 0.15) is 84.6 Å². The summed E-state index contributed by atoms with van der Waals surface area (Å²) in [5.74, 6) is 1.56. The van der Waals surface area contributed by atoms with Crippen molar-refractivity contribution in [3.63, 3.8) is 0 Å². The lowest BCUT2D eigenvalue weighted by Gasteiger charge is -2.50. The molecule has 38 heavy (non-hydrogen) atoms. The number of benzene rings is 1. The Morgan fingerprint density at radius 2 is 1.55 bits per heavy atom. The van der Waals surface area contributed by atoms with Crippen LogP contribution in [0.3, 0.4) is 0 Å². The van der Waals surface area contributed by atoms with E-state index in [2.05, 4.69) is 6.92 Å². The van der Waals surface area contributed by atoms with Gasteiger partial charge in [-0.05, 0) is 92.7 Å². The summed E-state index contributed by atoms with van der Waals surface area (Å²) in [6, 6.07) is 7.84. The quantitative estimate of drug-likeness (QED) is 0.328. The average molecular weight is 601 g/mol. The highest BCUT2D eigenvalue weighted by Gasteiger charge is 2.56. The molecule has 0 heterocycles. The molecular weight excluding hydrogens is 555 g/mol. The second-order valence-electron chi connectivity index (χ2n) is 10.4. The first kappa shape index (κ1) is 35.3. The zero-order valence-corrected chi connectivity index (χ0v) is 25.9. The summed E-state index contributed by atoms with van der Waals surface area (Å²) >= 11 is 0. The van der Waals surface area contributed by atoms with Gasteiger partial charge in [-0.3, -0.25) is 14.2 Å². The largest absolute Gasteiger partial charge is 0.361 e. The molecule has 0 spiro atoms. The average Bonchev–Trinajstić information content (AvgIpc) is 3.12. The Labute approximate surface area is 249 Å². The number of hydrogen-bond acceptors (Lipinski definition) is 5. The molecule has 5 nitrogen and oxygen atoms in total. The molecule has 0 unspecified atom stereocenters. The molecule has 1 aromatic carbocycles. The molecule has 9 heteroatoms. The van der Waals surface area contributed by atoms with Gasteiger partial charge in [-0.25, -0.2) is 0 Å². The van der Waals surface area contributed by atoms with Crippen molar-refractivity contribution in [2.24, 2.45) is 17.3 Å². The fraction of sp³-hybridized carbons (Fsp3) is 0.586. The van der Waals surface area contributed by atoms with Crippen LogP contribution in [-0.2, 0) is 23.2 Å². The van der Waals surface area contributed by atoms with Crippen molar-refractivity contribution in [3.8, 4) is 0 Å². The van der Waals surface area contributed by atoms with Crippen LogP contribution in [0.2, 0.25) is 0 Å². The maximum atomic E-state index is 13.3. The SMILES string of the molecule is C.CCOP(=O)(OCC)c1ccc([C@H]2C[C@]3(C)C(=O)CC[C@H]3[C@@H]3CCC4=CC(=O)CCC4=C32)cc1.S.S.S. The van der Waals surface area contributed by atoms with Crippen LogP contribution in [0.5, 0.6) is 0 Å². The second-order valence-corrected chi connectivity index (χ2v) is 12.4. The third kappa shape index (κ3) is 5.96. The fourth-order valence-electron chi connectivity index (χ4n) is 7.15. The van der Waals surface area contributed by atoms with E-state index in [1.807, 2.05) is 44.2 Å². The van der Waals surface area contributed by atoms with E-state index >= 15 is 0 Å². The lowest BCUT2D eigenvalue weighted by molar-refractivity contribution is -0.128. The molecule has 1 aromatic rings. The molecule has 4 aliphatic rings. The number of hydrogen-bond donors (Lipinski definition) is 0. The van der Waals surface area contributed by atoms with E-state index in [1.165, 1.54) is 16.7 Å². The van der Waals surface area contributed by atoms with Crippen LogP contribution in [0.25, 0.3) is 0 Å². The number of rotatable bonds is 6. The van der Waals surface area contributed by atoms with Gasteiger partial charge in [-0.1, -0.05) is 32.1 Å². The third-order valence-electron chi connectivity index (χ3n) is 8.65. The molecular formula is C29H45O5PS3. The van der Waals surface area contributed by atoms with Gasteiger partial charge in [0.25, 0.3) is 0 Å². The van der Waals surface area contributed by atoms with Gasteiger partial charge >= 0.3 is 7.60 Å². The minimum Gasteiger partial charge on any atom is -0.305 e. The summed E-state index contributed by atoms with van der Waals surface area (Å²) in [6.45, 7) is 6.44. The molecule has 0 bridgehead atoms. The smallest absolute Gasteiger partial charge is 0.305 e. The van der Waals surface area contributed by atoms with Gasteiger partial charge in [0.15, 0.2) is 5.78 Å². The highest BCUT2D eigenvalue weighted by atomic mass is 32.1. The molecule has 4 aliphatic carbocycles. The Bertz CT molecular complexity index is 1120. The maximum Gasteiger partial charge on any atom is 0.361 e. The Hall–Kier alpha value is -0.760. The van der Waals surface area contributed by atoms with Gasteiger partial charge in [0.2, 0.25) is 0 Å². The number of carbonyl (C=O) groups is 2. The summed E-state index contributed by atoms with van der Waals surface area (Å²) in [4.78, 5) is 25.2. The molecule has 214 valence electrons. The van der Waals surface area contributed by atoms with E-state index in [-0.39, 0.29) is 65.0 Å². The van der Waals surface area contributed by atoms with Crippen molar-refractivity contribution in [1.29, 1.82) is 0 Å². The molecule has 2 fully saturated rings. The summed E-state index contributed by atoms with van der Waals surface area (Å²) in [7, 11) is -3.34. The predicted molar refractivity (Wildman–Crippen MR) is 170 cm³/mol. The van der Waals surface area contributed by atoms with Gasteiger partial charge in [0.05, 0.1) is 18.5 Å². The van der Waals surface area contributed by atoms with Crippen molar-refractivity contribution in [2.75, 3.05) is 13.2 Å². The number of ketones is 2. The monoisotopic (exact) mass is 600 g/mol. The highest BCUT2D eigenvalue weighted by Crippen LogP contribution is 2.62. The maximum absolute atomic E-state index is 13.3. The number of allylic oxidation sites excluding steroid dienone is 4. The highest BCUT2D eigenvalue weighted by molar-refractivity contribution is 7.62. The Morgan fingerprint density at radius 1 is 0.921 bits per heavy atom. The zero-order valence-electron chi connectivity index (χ0n) is 22.0. The molecule has 0 aromatic heterocycles. The number of Topliss-reactive ketones (excluding diaryl/α,β-unsaturated/α-hetero) is 1. The van der Waals surface area contributed by atoms with Crippen molar-refractivity contribution in [2.45, 2.75) is 79.1 Å². The van der Waals surface area contributed by atoms with Gasteiger partial charge < -0.3 is 9.05 Å². The standard InChI is InChI=1S/C28H35O5P.CH4.3H2S/c1-4-32-34(31,33-5-2)21-10-6-18(7-11-21)24-17-28(3)25(14-15-26(28)30)23-12-8-19-16-20(29)9-13-22(19)27(23)24;;;;/h6-7,10-11,16,23-25H,4-5,8-9,12-15,17H2,1-3H3;1H4;3*1H2/t23-,24+,25-,28-;;;;/m0..../s1. The lowest BCUT2D eigenvalue weighted by Crippen LogP contribution is -2.43. The van der Waals surface area contributed by atoms with Gasteiger partial charge in [0, 0.05) is 24.2 Å². The summed E-state index contributed by atoms with van der Waals surface area (Å²) in [5, 5.41) is 0.568. The van der Waals surface area contributed by atoms with E-state index < -0.39 is 7.60 Å². The molecule has 0 N–H and O–H groups in total. The summed E-state index contributed by atoms with van der Waals surface area (Å²) < 4.78 is 24.3. The Balaban J connectivity index is 0.00000180. The van der Waals surface area contributed by atoms with Crippen molar-refractivity contribution in [1.82, 2.24) is 0 Å². The normalized spacial score (nSPS) is 27.9. The summed E-state index contributed by atoms with van der Waals surface area (Å²) in [5.41, 5.74) is 4.91. The van der Waals surface area contributed by atoms with Crippen molar-refractivity contribution < 1.29 is 23.2 Å². The van der Waals surface area contributed by atoms with E-state index in [1.54, 1.807) is 0 Å². The van der Waals surface area contributed by atoms with Gasteiger partial charge in [-0.2, -0.15) is 40.5 Å². The van der Waals surface area contributed by atoms with E-state index in [0.717, 1.165) is 37.7 Å². The predicted octanol–water partition coefficient (Wildman–Crippen LogP) is 7.02. The minimum atomic E-state index is -3.34. The van der Waals surface area contributed by atoms with Crippen LogP contribution >= 0.6 is 48.1 Å². The van der Waals surface area contributed by atoms with E-state index in [4.69, 9.17) is 9.05 Å². The number of carbonyl (C=O) groups excluding carboxylic acids is 2. The van der Waals surface area contributed by atoms with E-state index in [9.17, 15) is 14.2 Å². The molecule has 0 saturated heterocycles. The van der Waals surface area contributed by atoms with Crippen LogP contribution < -0.4 is 5.30 Å². The van der Waals surface area contributed by atoms with Crippen molar-refractivity contribution in [3.05, 3.63) is 52.6 Å². The molecule has 0 radical (unpaired) electrons. The Morgan fingerprint density at radius 3 is 2.16 bits per heavy atom. The second kappa shape index (κ2) is 13.7. The van der Waals surface area contributed by atoms with Crippen LogP contribution in [0, 0.1) is 17.3 Å². The Kier molecular flexibility index (Phi) is 12.7. The van der Waals surface area contributed by atoms with Crippen LogP contribution in [0.15, 0.2) is 47.1 Å².